The molecule has 0 spiro atoms. The number of pyridine rings is 1. The molecule has 0 bridgehead atoms. The van der Waals surface area contributed by atoms with E-state index >= 15 is 0 Å². The first-order valence-corrected chi connectivity index (χ1v) is 12.1. The fourth-order valence-corrected chi connectivity index (χ4v) is 4.35. The summed E-state index contributed by atoms with van der Waals surface area (Å²) in [6.45, 7) is 4.76. The second-order valence-electron chi connectivity index (χ2n) is 8.49. The van der Waals surface area contributed by atoms with Crippen molar-refractivity contribution in [2.24, 2.45) is 0 Å². The average Bonchev–Trinajstić information content (AvgIpc) is 2.92. The number of urea groups is 1. The summed E-state index contributed by atoms with van der Waals surface area (Å²) in [5.41, 5.74) is 2.68. The van der Waals surface area contributed by atoms with Crippen LogP contribution in [0.25, 0.3) is 11.2 Å². The first-order valence-electron chi connectivity index (χ1n) is 12.1. The fraction of sp³-hybridized carbons (Fsp3) is 0.259. The van der Waals surface area contributed by atoms with Gasteiger partial charge in [-0.3, -0.25) is 9.36 Å². The zero-order valence-electron chi connectivity index (χ0n) is 20.1. The molecule has 4 aromatic rings. The maximum atomic E-state index is 13.6. The number of carbonyl (C=O) groups is 1. The van der Waals surface area contributed by atoms with Crippen LogP contribution in [0.1, 0.15) is 12.5 Å². The van der Waals surface area contributed by atoms with Crippen LogP contribution in [0.4, 0.5) is 16.3 Å². The molecule has 0 unspecified atom stereocenters. The number of nitrogens with zero attached hydrogens (tertiary/aromatic N) is 5. The molecule has 1 N–H and O–H groups in total. The SMILES string of the molecule is CCOc1ccccc1NC(=O)N1CCN(c2nc3cccnc3n(Cc3ccccc3)c2=O)CC1. The summed E-state index contributed by atoms with van der Waals surface area (Å²) >= 11 is 0. The van der Waals surface area contributed by atoms with Gasteiger partial charge in [0.05, 0.1) is 18.8 Å². The highest BCUT2D eigenvalue weighted by Crippen LogP contribution is 2.24. The topological polar surface area (TPSA) is 92.6 Å². The Bertz CT molecular complexity index is 1410. The summed E-state index contributed by atoms with van der Waals surface area (Å²) in [6.07, 6.45) is 1.67. The van der Waals surface area contributed by atoms with Crippen LogP contribution in [-0.2, 0) is 6.54 Å². The van der Waals surface area contributed by atoms with E-state index in [9.17, 15) is 9.59 Å². The molecule has 1 aliphatic heterocycles. The smallest absolute Gasteiger partial charge is 0.322 e. The number of anilines is 2. The molecule has 1 fully saturated rings. The quantitative estimate of drug-likeness (QED) is 0.450. The molecule has 0 aliphatic carbocycles. The molecule has 0 radical (unpaired) electrons. The lowest BCUT2D eigenvalue weighted by atomic mass is 10.2. The number of benzene rings is 2. The molecule has 0 saturated carbocycles. The van der Waals surface area contributed by atoms with Crippen LogP contribution in [0.2, 0.25) is 0 Å². The van der Waals surface area contributed by atoms with E-state index in [1.807, 2.05) is 78.6 Å². The molecule has 2 aromatic carbocycles. The minimum Gasteiger partial charge on any atom is -0.492 e. The normalized spacial score (nSPS) is 13.6. The molecule has 9 heteroatoms. The second-order valence-corrected chi connectivity index (χ2v) is 8.49. The Hall–Kier alpha value is -4.40. The number of para-hydroxylation sites is 2. The van der Waals surface area contributed by atoms with Gasteiger partial charge in [0.1, 0.15) is 11.3 Å². The lowest BCUT2D eigenvalue weighted by molar-refractivity contribution is 0.208. The number of fused-ring (bicyclic) bond motifs is 1. The van der Waals surface area contributed by atoms with E-state index in [0.717, 1.165) is 5.56 Å². The number of aromatic nitrogens is 3. The van der Waals surface area contributed by atoms with Gasteiger partial charge in [-0.25, -0.2) is 14.8 Å². The van der Waals surface area contributed by atoms with E-state index in [-0.39, 0.29) is 11.6 Å². The van der Waals surface area contributed by atoms with E-state index in [4.69, 9.17) is 4.74 Å². The Morgan fingerprint density at radius 3 is 2.50 bits per heavy atom. The van der Waals surface area contributed by atoms with Gasteiger partial charge in [0, 0.05) is 32.4 Å². The van der Waals surface area contributed by atoms with Gasteiger partial charge in [0.15, 0.2) is 11.5 Å². The molecule has 2 amide bonds. The van der Waals surface area contributed by atoms with Crippen LogP contribution in [0.3, 0.4) is 0 Å². The number of hydrogen-bond donors (Lipinski definition) is 1. The predicted octanol–water partition coefficient (Wildman–Crippen LogP) is 3.59. The zero-order valence-corrected chi connectivity index (χ0v) is 20.1. The number of amides is 2. The predicted molar refractivity (Wildman–Crippen MR) is 140 cm³/mol. The Balaban J connectivity index is 1.34. The summed E-state index contributed by atoms with van der Waals surface area (Å²) in [5.74, 6) is 1.02. The van der Waals surface area contributed by atoms with Gasteiger partial charge >= 0.3 is 6.03 Å². The van der Waals surface area contributed by atoms with E-state index < -0.39 is 0 Å². The summed E-state index contributed by atoms with van der Waals surface area (Å²) in [4.78, 5) is 39.3. The van der Waals surface area contributed by atoms with Gasteiger partial charge in [-0.1, -0.05) is 42.5 Å². The van der Waals surface area contributed by atoms with Crippen LogP contribution in [-0.4, -0.2) is 58.3 Å². The van der Waals surface area contributed by atoms with E-state index in [1.165, 1.54) is 0 Å². The molecule has 1 saturated heterocycles. The van der Waals surface area contributed by atoms with E-state index in [1.54, 1.807) is 15.7 Å². The lowest BCUT2D eigenvalue weighted by Crippen LogP contribution is -2.51. The van der Waals surface area contributed by atoms with Crippen molar-refractivity contribution in [3.05, 3.63) is 88.8 Å². The van der Waals surface area contributed by atoms with Gasteiger partial charge in [-0.2, -0.15) is 0 Å². The standard InChI is InChI=1S/C27H28N6O3/c1-2-36-23-13-7-6-11-21(23)30-27(35)32-17-15-31(16-18-32)25-26(34)33(19-20-9-4-3-5-10-20)24-22(29-25)12-8-14-28-24/h3-14H,2,15-19H2,1H3,(H,30,35). The molecule has 2 aromatic heterocycles. The number of rotatable bonds is 6. The lowest BCUT2D eigenvalue weighted by Gasteiger charge is -2.35. The van der Waals surface area contributed by atoms with Crippen molar-refractivity contribution in [2.75, 3.05) is 43.0 Å². The Labute approximate surface area is 209 Å². The first-order chi connectivity index (χ1) is 17.6. The second kappa shape index (κ2) is 10.5. The summed E-state index contributed by atoms with van der Waals surface area (Å²) in [6, 6.07) is 20.7. The number of ether oxygens (including phenoxy) is 1. The van der Waals surface area contributed by atoms with Crippen LogP contribution in [0.15, 0.2) is 77.7 Å². The average molecular weight is 485 g/mol. The molecule has 9 nitrogen and oxygen atoms in total. The molecule has 0 atom stereocenters. The van der Waals surface area contributed by atoms with Crippen molar-refractivity contribution < 1.29 is 9.53 Å². The van der Waals surface area contributed by atoms with Gasteiger partial charge in [-0.15, -0.1) is 0 Å². The molecule has 5 rings (SSSR count). The van der Waals surface area contributed by atoms with Crippen molar-refractivity contribution in [1.82, 2.24) is 19.4 Å². The van der Waals surface area contributed by atoms with Crippen LogP contribution < -0.4 is 20.5 Å². The van der Waals surface area contributed by atoms with Crippen LogP contribution >= 0.6 is 0 Å². The van der Waals surface area contributed by atoms with Gasteiger partial charge in [0.25, 0.3) is 5.56 Å². The van der Waals surface area contributed by atoms with Crippen LogP contribution in [0.5, 0.6) is 5.75 Å². The monoisotopic (exact) mass is 484 g/mol. The molecule has 36 heavy (non-hydrogen) atoms. The summed E-state index contributed by atoms with van der Waals surface area (Å²) in [7, 11) is 0. The van der Waals surface area contributed by atoms with E-state index in [2.05, 4.69) is 15.3 Å². The highest BCUT2D eigenvalue weighted by atomic mass is 16.5. The van der Waals surface area contributed by atoms with Crippen molar-refractivity contribution in [3.63, 3.8) is 0 Å². The molecule has 1 aliphatic rings. The third-order valence-electron chi connectivity index (χ3n) is 6.16. The third kappa shape index (κ3) is 4.86. The maximum absolute atomic E-state index is 13.6. The first kappa shape index (κ1) is 23.3. The van der Waals surface area contributed by atoms with Gasteiger partial charge in [0.2, 0.25) is 0 Å². The molecular formula is C27H28N6O3. The number of piperazine rings is 1. The fourth-order valence-electron chi connectivity index (χ4n) is 4.35. The molecular weight excluding hydrogens is 456 g/mol. The Kier molecular flexibility index (Phi) is 6.79. The van der Waals surface area contributed by atoms with Crippen molar-refractivity contribution in [1.29, 1.82) is 0 Å². The zero-order chi connectivity index (χ0) is 24.9. The number of hydrogen-bond acceptors (Lipinski definition) is 6. The number of carbonyl (C=O) groups excluding carboxylic acids is 1. The Morgan fingerprint density at radius 1 is 0.972 bits per heavy atom. The van der Waals surface area contributed by atoms with Crippen molar-refractivity contribution >= 4 is 28.7 Å². The van der Waals surface area contributed by atoms with Gasteiger partial charge < -0.3 is 19.9 Å². The summed E-state index contributed by atoms with van der Waals surface area (Å²) in [5, 5.41) is 2.95. The minimum atomic E-state index is -0.195. The largest absolute Gasteiger partial charge is 0.492 e. The van der Waals surface area contributed by atoms with Gasteiger partial charge in [-0.05, 0) is 36.8 Å². The highest BCUT2D eigenvalue weighted by molar-refractivity contribution is 5.91. The highest BCUT2D eigenvalue weighted by Gasteiger charge is 2.25. The van der Waals surface area contributed by atoms with Crippen molar-refractivity contribution in [3.8, 4) is 5.75 Å². The maximum Gasteiger partial charge on any atom is 0.322 e. The van der Waals surface area contributed by atoms with Crippen LogP contribution in [0, 0.1) is 0 Å². The molecule has 184 valence electrons. The minimum absolute atomic E-state index is 0.186. The van der Waals surface area contributed by atoms with E-state index in [0.29, 0.717) is 67.7 Å². The summed E-state index contributed by atoms with van der Waals surface area (Å²) < 4.78 is 7.29. The number of nitrogens with one attached hydrogen (secondary N) is 1. The Morgan fingerprint density at radius 2 is 1.72 bits per heavy atom. The molecule has 3 heterocycles. The third-order valence-corrected chi connectivity index (χ3v) is 6.16. The van der Waals surface area contributed by atoms with Crippen molar-refractivity contribution in [2.45, 2.75) is 13.5 Å².